The van der Waals surface area contributed by atoms with E-state index in [0.717, 1.165) is 20.3 Å². The molecule has 275 valence electrons. The number of aliphatic carboxylic acids is 5. The monoisotopic (exact) mass is 864 g/mol. The van der Waals surface area contributed by atoms with Crippen LogP contribution in [0, 0.1) is 39.9 Å². The van der Waals surface area contributed by atoms with Crippen molar-refractivity contribution < 1.29 is 108 Å². The Labute approximate surface area is 321 Å². The molecule has 1 radical (unpaired) electrons. The molecule has 3 atom stereocenters. The summed E-state index contributed by atoms with van der Waals surface area (Å²) in [7, 11) is -4.82. The second kappa shape index (κ2) is 23.7. The van der Waals surface area contributed by atoms with Gasteiger partial charge in [-0.1, -0.05) is 60.7 Å². The Hall–Kier alpha value is -2.74. The van der Waals surface area contributed by atoms with Gasteiger partial charge in [-0.15, -0.1) is 0 Å². The smallest absolute Gasteiger partial charge is 0.606 e. The molecule has 0 aliphatic rings. The second-order valence-electron chi connectivity index (χ2n) is 11.0. The number of phosphoric acid groups is 1. The summed E-state index contributed by atoms with van der Waals surface area (Å²) in [6.07, 6.45) is 0.805. The topological polar surface area (TPSA) is 272 Å². The quantitative estimate of drug-likeness (QED) is 0.0680. The molecular weight excluding hydrogens is 827 g/mol. The zero-order chi connectivity index (χ0) is 36.4. The third-order valence-corrected chi connectivity index (χ3v) is 8.09. The zero-order valence-electron chi connectivity index (χ0n) is 26.8. The van der Waals surface area contributed by atoms with Gasteiger partial charge in [0.25, 0.3) is 0 Å². The van der Waals surface area contributed by atoms with Crippen LogP contribution in [0.15, 0.2) is 60.7 Å². The van der Waals surface area contributed by atoms with Gasteiger partial charge in [-0.05, 0) is 30.4 Å². The molecule has 2 rings (SSSR count). The van der Waals surface area contributed by atoms with Gasteiger partial charge in [-0.3, -0.25) is 14.7 Å². The first kappa shape index (κ1) is 45.3. The first-order valence-electron chi connectivity index (χ1n) is 15.0. The predicted molar refractivity (Wildman–Crippen MR) is 158 cm³/mol. The number of carbonyl (C=O) groups excluding carboxylic acids is 5. The summed E-state index contributed by atoms with van der Waals surface area (Å²) < 4.78 is 10.1. The molecule has 0 fully saturated rings. The van der Waals surface area contributed by atoms with Crippen molar-refractivity contribution in [1.82, 2.24) is 14.7 Å². The van der Waals surface area contributed by atoms with Gasteiger partial charge in [0.05, 0.1) is 42.5 Å². The summed E-state index contributed by atoms with van der Waals surface area (Å²) in [5, 5.41) is 58.0. The van der Waals surface area contributed by atoms with Crippen LogP contribution in [0.3, 0.4) is 0 Å². The van der Waals surface area contributed by atoms with Crippen LogP contribution in [0.5, 0.6) is 0 Å². The Kier molecular flexibility index (Phi) is 21.5. The maximum absolute atomic E-state index is 12.7. The van der Waals surface area contributed by atoms with Gasteiger partial charge < -0.3 is 54.4 Å². The van der Waals surface area contributed by atoms with Crippen molar-refractivity contribution >= 4 is 38.0 Å². The van der Waals surface area contributed by atoms with Crippen molar-refractivity contribution in [3.05, 3.63) is 71.8 Å². The average Bonchev–Trinajstić information content (AvgIpc) is 3.00. The van der Waals surface area contributed by atoms with Gasteiger partial charge in [0.15, 0.2) is 0 Å². The minimum atomic E-state index is -4.82. The third kappa shape index (κ3) is 19.6. The molecule has 0 aliphatic carbocycles. The van der Waals surface area contributed by atoms with Crippen LogP contribution < -0.4 is 30.4 Å². The molecular formula is C31H37GdN3O14P-2. The Bertz CT molecular complexity index is 1330. The normalized spacial score (nSPS) is 13.7. The maximum atomic E-state index is 12.7. The van der Waals surface area contributed by atoms with Crippen LogP contribution in [0.1, 0.15) is 17.5 Å². The van der Waals surface area contributed by atoms with E-state index in [0.29, 0.717) is 18.4 Å². The number of carboxylic acid groups (broad SMARTS) is 5. The molecule has 3 unspecified atom stereocenters. The van der Waals surface area contributed by atoms with Crippen LogP contribution in [-0.4, -0.2) is 121 Å². The molecule has 0 aromatic heterocycles. The molecule has 0 saturated carbocycles. The van der Waals surface area contributed by atoms with Gasteiger partial charge in [-0.2, -0.15) is 13.9 Å². The predicted octanol–water partition coefficient (Wildman–Crippen LogP) is -6.68. The number of carbonyl (C=O) groups is 5. The molecule has 0 heterocycles. The molecule has 0 saturated heterocycles. The number of hydrogen-bond donors (Lipinski definition) is 1. The summed E-state index contributed by atoms with van der Waals surface area (Å²) in [5.74, 6) is -8.45. The Morgan fingerprint density at radius 1 is 0.640 bits per heavy atom. The standard InChI is InChI=1S/C31H42N3O14P.Gd/c35-27(36)17-32(15-25(14-24-10-5-2-6-11-24)33(18-28(37)38)19-29(39)40)16-26(34(20-30(41)42)21-31(43)44)22-48-49(45,46)47-13-7-12-23-8-3-1-4-9-23;/h1-6,8-11,25-26H,7,12-22H2,(H,35,36)(H,37,38)(H,39,40)(H,41,42)(H,43,44)(H,45,46);/q;+3/p-5. The Morgan fingerprint density at radius 2 is 1.06 bits per heavy atom. The third-order valence-electron chi connectivity index (χ3n) is 7.10. The Morgan fingerprint density at radius 3 is 1.52 bits per heavy atom. The number of rotatable bonds is 26. The Balaban J connectivity index is 0.0000125. The number of hydrogen-bond acceptors (Lipinski definition) is 17. The van der Waals surface area contributed by atoms with Crippen LogP contribution in [0.2, 0.25) is 0 Å². The molecule has 2 aromatic rings. The number of nitrogens with zero attached hydrogens (tertiary/aromatic N) is 3. The van der Waals surface area contributed by atoms with Crippen molar-refractivity contribution in [2.45, 2.75) is 31.3 Å². The SMILES string of the molecule is O=C([O-])CN(CC(CO[P+]([O-])(O)OCCCc1ccccc1)N(CC(=O)[O-])CC(=O)[O-])CC(Cc1ccccc1)N(CC(=O)[O-])CC(=O)[O-].[Gd+3]. The average molecular weight is 864 g/mol. The van der Waals surface area contributed by atoms with Crippen molar-refractivity contribution in [2.24, 2.45) is 0 Å². The van der Waals surface area contributed by atoms with Crippen LogP contribution in [-0.2, 0) is 45.9 Å². The van der Waals surface area contributed by atoms with E-state index in [1.807, 2.05) is 30.3 Å². The first-order chi connectivity index (χ1) is 23.1. The summed E-state index contributed by atoms with van der Waals surface area (Å²) in [6.45, 7) is -6.85. The number of carboxylic acids is 5. The van der Waals surface area contributed by atoms with Gasteiger partial charge in [0.1, 0.15) is 6.61 Å². The van der Waals surface area contributed by atoms with Gasteiger partial charge in [0.2, 0.25) is 0 Å². The van der Waals surface area contributed by atoms with Crippen molar-refractivity contribution in [1.29, 1.82) is 0 Å². The molecule has 19 heteroatoms. The van der Waals surface area contributed by atoms with Gasteiger partial charge >= 0.3 is 48.1 Å². The summed E-state index contributed by atoms with van der Waals surface area (Å²) in [6, 6.07) is 15.0. The second-order valence-corrected chi connectivity index (χ2v) is 12.5. The minimum Gasteiger partial charge on any atom is -0.606 e. The zero-order valence-corrected chi connectivity index (χ0v) is 30.0. The number of aryl methyl sites for hydroxylation is 1. The van der Waals surface area contributed by atoms with E-state index in [4.69, 9.17) is 9.05 Å². The molecule has 0 bridgehead atoms. The van der Waals surface area contributed by atoms with E-state index in [1.165, 1.54) is 0 Å². The fourth-order valence-electron chi connectivity index (χ4n) is 5.06. The fraction of sp³-hybridized carbons (Fsp3) is 0.452. The van der Waals surface area contributed by atoms with Crippen molar-refractivity contribution in [2.75, 3.05) is 59.0 Å². The van der Waals surface area contributed by atoms with Gasteiger partial charge in [0, 0.05) is 51.9 Å². The van der Waals surface area contributed by atoms with E-state index < -0.39 is 103 Å². The van der Waals surface area contributed by atoms with Crippen molar-refractivity contribution in [3.8, 4) is 0 Å². The van der Waals surface area contributed by atoms with E-state index in [-0.39, 0.29) is 53.0 Å². The number of phosphoric ester groups is 1. The summed E-state index contributed by atoms with van der Waals surface area (Å²) in [4.78, 5) is 83.8. The number of benzene rings is 2. The molecule has 17 nitrogen and oxygen atoms in total. The van der Waals surface area contributed by atoms with E-state index in [2.05, 4.69) is 0 Å². The van der Waals surface area contributed by atoms with E-state index in [9.17, 15) is 59.3 Å². The molecule has 50 heavy (non-hydrogen) atoms. The molecule has 0 spiro atoms. The van der Waals surface area contributed by atoms with Crippen LogP contribution in [0.25, 0.3) is 0 Å². The molecule has 2 aromatic carbocycles. The molecule has 0 amide bonds. The van der Waals surface area contributed by atoms with Crippen LogP contribution >= 0.6 is 8.17 Å². The van der Waals surface area contributed by atoms with Gasteiger partial charge in [-0.25, -0.2) is 0 Å². The molecule has 0 aliphatic heterocycles. The largest absolute Gasteiger partial charge is 3.00 e. The minimum absolute atomic E-state index is 0. The van der Waals surface area contributed by atoms with E-state index >= 15 is 0 Å². The maximum Gasteiger partial charge on any atom is 3.00 e. The first-order valence-corrected chi connectivity index (χ1v) is 16.5. The van der Waals surface area contributed by atoms with Crippen molar-refractivity contribution in [3.63, 3.8) is 0 Å². The van der Waals surface area contributed by atoms with Crippen LogP contribution in [0.4, 0.5) is 0 Å². The molecule has 1 N–H and O–H groups in total. The fourth-order valence-corrected chi connectivity index (χ4v) is 5.86. The summed E-state index contributed by atoms with van der Waals surface area (Å²) >= 11 is 0. The summed E-state index contributed by atoms with van der Waals surface area (Å²) in [5.41, 5.74) is 1.54. The van der Waals surface area contributed by atoms with E-state index in [1.54, 1.807) is 30.3 Å².